The van der Waals surface area contributed by atoms with Gasteiger partial charge in [0, 0.05) is 36.1 Å². The van der Waals surface area contributed by atoms with Crippen molar-refractivity contribution in [2.45, 2.75) is 64.7 Å². The third-order valence-corrected chi connectivity index (χ3v) is 6.76. The predicted octanol–water partition coefficient (Wildman–Crippen LogP) is 6.73. The Morgan fingerprint density at radius 3 is 2.21 bits per heavy atom. The lowest BCUT2D eigenvalue weighted by atomic mass is 9.96. The van der Waals surface area contributed by atoms with E-state index in [1.54, 1.807) is 18.2 Å². The van der Waals surface area contributed by atoms with Gasteiger partial charge in [-0.1, -0.05) is 62.9 Å². The molecule has 43 heavy (non-hydrogen) atoms. The van der Waals surface area contributed by atoms with Crippen LogP contribution in [-0.2, 0) is 11.3 Å². The van der Waals surface area contributed by atoms with Gasteiger partial charge >= 0.3 is 5.97 Å². The molecule has 2 unspecified atom stereocenters. The van der Waals surface area contributed by atoms with Gasteiger partial charge < -0.3 is 25.2 Å². The number of halogens is 1. The van der Waals surface area contributed by atoms with Gasteiger partial charge in [0.15, 0.2) is 6.29 Å². The van der Waals surface area contributed by atoms with Crippen molar-refractivity contribution in [2.24, 2.45) is 0 Å². The first-order valence-electron chi connectivity index (χ1n) is 14.3. The number of carbonyl (C=O) groups excluding carboxylic acids is 1. The van der Waals surface area contributed by atoms with Crippen molar-refractivity contribution in [3.05, 3.63) is 108 Å². The molecule has 0 saturated heterocycles. The van der Waals surface area contributed by atoms with E-state index >= 15 is 0 Å². The number of aromatic nitrogens is 1. The maximum Gasteiger partial charge on any atom is 0.305 e. The summed E-state index contributed by atoms with van der Waals surface area (Å²) in [4.78, 5) is 23.2. The highest BCUT2D eigenvalue weighted by Gasteiger charge is 2.27. The van der Waals surface area contributed by atoms with E-state index in [0.717, 1.165) is 40.1 Å². The number of allylic oxidation sites excluding steroid dienone is 4. The summed E-state index contributed by atoms with van der Waals surface area (Å²) in [5.41, 5.74) is 5.49. The first-order valence-corrected chi connectivity index (χ1v) is 14.3. The number of hydrogen-bond donors (Lipinski definition) is 4. The van der Waals surface area contributed by atoms with E-state index < -0.39 is 24.6 Å². The maximum absolute atomic E-state index is 13.7. The van der Waals surface area contributed by atoms with Crippen LogP contribution in [0.4, 0.5) is 4.39 Å². The van der Waals surface area contributed by atoms with Gasteiger partial charge in [0.1, 0.15) is 5.82 Å². The molecule has 0 saturated carbocycles. The quantitative estimate of drug-likeness (QED) is 0.122. The highest BCUT2D eigenvalue weighted by Crippen LogP contribution is 2.41. The molecule has 0 fully saturated rings. The maximum atomic E-state index is 13.7. The highest BCUT2D eigenvalue weighted by atomic mass is 19.1. The summed E-state index contributed by atoms with van der Waals surface area (Å²) in [5.74, 6) is -1.52. The van der Waals surface area contributed by atoms with Gasteiger partial charge in [0.25, 0.3) is 0 Å². The average molecular weight is 591 g/mol. The summed E-state index contributed by atoms with van der Waals surface area (Å²) in [6.45, 7) is 9.85. The molecule has 0 bridgehead atoms. The van der Waals surface area contributed by atoms with Crippen LogP contribution in [0.5, 0.6) is 0 Å². The molecular formula is C35H43FN2O5. The molecule has 1 heterocycles. The lowest BCUT2D eigenvalue weighted by molar-refractivity contribution is -0.139. The Bertz CT molecular complexity index is 1390. The summed E-state index contributed by atoms with van der Waals surface area (Å²) in [5, 5.41) is 32.2. The van der Waals surface area contributed by atoms with Crippen molar-refractivity contribution in [1.29, 1.82) is 0 Å². The average Bonchev–Trinajstić information content (AvgIpc) is 3.31. The number of aliphatic hydroxyl groups is 2. The van der Waals surface area contributed by atoms with E-state index in [0.29, 0.717) is 12.1 Å². The number of aliphatic carboxylic acids is 1. The lowest BCUT2D eigenvalue weighted by Gasteiger charge is -2.20. The third-order valence-electron chi connectivity index (χ3n) is 6.76. The van der Waals surface area contributed by atoms with Crippen molar-refractivity contribution < 1.29 is 29.3 Å². The molecule has 7 nitrogen and oxygen atoms in total. The normalized spacial score (nSPS) is 12.9. The van der Waals surface area contributed by atoms with Gasteiger partial charge in [-0.15, -0.1) is 0 Å². The van der Waals surface area contributed by atoms with Crippen LogP contribution in [-0.4, -0.2) is 51.4 Å². The minimum absolute atomic E-state index is 0.0217. The largest absolute Gasteiger partial charge is 0.481 e. The second-order valence-electron chi connectivity index (χ2n) is 10.4. The van der Waals surface area contributed by atoms with E-state index in [-0.39, 0.29) is 24.6 Å². The van der Waals surface area contributed by atoms with Gasteiger partial charge in [-0.05, 0) is 73.2 Å². The SMILES string of the molecule is C=C/C=C(\C=C/C)NC.CC(C)c1c(C=O)c(-c2ccccc2)c(-c2ccc(F)cc2)n1CCC(O)CC(O)CC(=O)O. The second-order valence-corrected chi connectivity index (χ2v) is 10.4. The molecule has 2 aromatic carbocycles. The molecule has 0 spiro atoms. The van der Waals surface area contributed by atoms with Crippen molar-refractivity contribution in [1.82, 2.24) is 9.88 Å². The number of nitrogens with zero attached hydrogens (tertiary/aromatic N) is 1. The Morgan fingerprint density at radius 1 is 1.05 bits per heavy atom. The van der Waals surface area contributed by atoms with Crippen LogP contribution in [0.3, 0.4) is 0 Å². The third kappa shape index (κ3) is 10.2. The number of benzene rings is 2. The zero-order chi connectivity index (χ0) is 31.9. The lowest BCUT2D eigenvalue weighted by Crippen LogP contribution is -2.22. The number of carbonyl (C=O) groups is 2. The van der Waals surface area contributed by atoms with Crippen molar-refractivity contribution in [3.63, 3.8) is 0 Å². The van der Waals surface area contributed by atoms with E-state index in [4.69, 9.17) is 5.11 Å². The number of hydrogen-bond acceptors (Lipinski definition) is 5. The Balaban J connectivity index is 0.000000621. The first kappa shape index (κ1) is 34.9. The molecule has 3 rings (SSSR count). The standard InChI is InChI=1S/C27H30FNO5.C8H13N/c1-17(2)26-23(16-30)25(18-6-4-3-5-7-18)27(19-8-10-20(28)11-9-19)29(26)13-12-21(31)14-22(32)15-24(33)34;1-4-6-8(9-3)7-5-2/h3-11,16-17,21-22,31-32H,12-15H2,1-2H3,(H,33,34);4-7,9H,1H2,2-3H3/b;7-5-,8-6+. The van der Waals surface area contributed by atoms with E-state index in [1.165, 1.54) is 12.1 Å². The molecule has 0 aliphatic carbocycles. The summed E-state index contributed by atoms with van der Waals surface area (Å²) in [6, 6.07) is 15.6. The number of likely N-dealkylation sites (N-methyl/N-ethyl adjacent to an activating group) is 1. The van der Waals surface area contributed by atoms with Crippen LogP contribution in [0.25, 0.3) is 22.4 Å². The van der Waals surface area contributed by atoms with Crippen molar-refractivity contribution in [2.75, 3.05) is 7.05 Å². The molecule has 0 amide bonds. The number of aliphatic hydroxyl groups excluding tert-OH is 2. The topological polar surface area (TPSA) is 112 Å². The number of rotatable bonds is 14. The van der Waals surface area contributed by atoms with Crippen LogP contribution in [0.15, 0.2) is 91.2 Å². The van der Waals surface area contributed by atoms with E-state index in [9.17, 15) is 24.2 Å². The van der Waals surface area contributed by atoms with Crippen LogP contribution < -0.4 is 5.32 Å². The Hall–Kier alpha value is -4.27. The van der Waals surface area contributed by atoms with Crippen molar-refractivity contribution >= 4 is 12.3 Å². The number of nitrogens with one attached hydrogen (secondary N) is 1. The van der Waals surface area contributed by atoms with Crippen LogP contribution in [0.2, 0.25) is 0 Å². The molecule has 230 valence electrons. The zero-order valence-corrected chi connectivity index (χ0v) is 25.3. The monoisotopic (exact) mass is 590 g/mol. The van der Waals surface area contributed by atoms with Crippen LogP contribution >= 0.6 is 0 Å². The van der Waals surface area contributed by atoms with Gasteiger partial charge in [0.05, 0.1) is 24.3 Å². The van der Waals surface area contributed by atoms with Crippen LogP contribution in [0.1, 0.15) is 62.0 Å². The number of aldehydes is 1. The predicted molar refractivity (Wildman–Crippen MR) is 170 cm³/mol. The fourth-order valence-electron chi connectivity index (χ4n) is 4.96. The fraction of sp³-hybridized carbons (Fsp3) is 0.314. The Kier molecular flexibility index (Phi) is 14.3. The van der Waals surface area contributed by atoms with Gasteiger partial charge in [-0.25, -0.2) is 4.39 Å². The molecule has 4 N–H and O–H groups in total. The summed E-state index contributed by atoms with van der Waals surface area (Å²) < 4.78 is 15.7. The smallest absolute Gasteiger partial charge is 0.305 e. The molecular weight excluding hydrogens is 547 g/mol. The Morgan fingerprint density at radius 2 is 1.70 bits per heavy atom. The van der Waals surface area contributed by atoms with Gasteiger partial charge in [-0.2, -0.15) is 0 Å². The molecule has 0 radical (unpaired) electrons. The molecule has 8 heteroatoms. The highest BCUT2D eigenvalue weighted by molar-refractivity contribution is 5.97. The minimum atomic E-state index is -1.15. The van der Waals surface area contributed by atoms with Crippen molar-refractivity contribution in [3.8, 4) is 22.4 Å². The second kappa shape index (κ2) is 17.6. The molecule has 3 aromatic rings. The fourth-order valence-corrected chi connectivity index (χ4v) is 4.96. The summed E-state index contributed by atoms with van der Waals surface area (Å²) in [7, 11) is 1.88. The van der Waals surface area contributed by atoms with Crippen LogP contribution in [0, 0.1) is 5.82 Å². The first-order chi connectivity index (χ1) is 20.6. The summed E-state index contributed by atoms with van der Waals surface area (Å²) >= 11 is 0. The van der Waals surface area contributed by atoms with E-state index in [2.05, 4.69) is 11.9 Å². The minimum Gasteiger partial charge on any atom is -0.481 e. The zero-order valence-electron chi connectivity index (χ0n) is 25.3. The number of carboxylic acid groups (broad SMARTS) is 1. The summed E-state index contributed by atoms with van der Waals surface area (Å²) in [6.07, 6.45) is 6.13. The number of carboxylic acids is 1. The molecule has 1 aromatic heterocycles. The van der Waals surface area contributed by atoms with E-state index in [1.807, 2.05) is 80.9 Å². The molecule has 0 aliphatic heterocycles. The molecule has 0 aliphatic rings. The van der Waals surface area contributed by atoms with Gasteiger partial charge in [0.2, 0.25) is 0 Å². The Labute approximate surface area is 253 Å². The molecule has 2 atom stereocenters. The van der Waals surface area contributed by atoms with Gasteiger partial charge in [-0.3, -0.25) is 9.59 Å².